The SMILES string of the molecule is [C-]#[N+]c1ccccc1N(C1=C2C=CC3=C4C(=CC=C(C=C1)C24)C(N(c1ccccc1C#N)c1ccc(-c2c(C)cccc2C)cc1-c1c(C)cccc1C)C=C3)c1ccc(-c2c(C)cccc2C)cc1-c1c(C)cccc1C. The van der Waals surface area contributed by atoms with E-state index in [2.05, 4.69) is 252 Å². The Bertz CT molecular complexity index is 4090. The Labute approximate surface area is 460 Å². The number of hydrogen-bond donors (Lipinski definition) is 0. The minimum absolute atomic E-state index is 0.116. The molecule has 8 aromatic rings. The van der Waals surface area contributed by atoms with Crippen molar-refractivity contribution in [2.75, 3.05) is 9.80 Å². The first-order valence-corrected chi connectivity index (χ1v) is 27.0. The molecule has 0 saturated heterocycles. The number of para-hydroxylation sites is 3. The number of anilines is 4. The molecule has 2 atom stereocenters. The monoisotopic (exact) mass is 1000 g/mol. The molecule has 4 aliphatic rings. The molecule has 0 spiro atoms. The zero-order valence-corrected chi connectivity index (χ0v) is 45.6. The maximum atomic E-state index is 11.0. The Morgan fingerprint density at radius 1 is 0.474 bits per heavy atom. The lowest BCUT2D eigenvalue weighted by Gasteiger charge is -2.44. The molecule has 0 bridgehead atoms. The van der Waals surface area contributed by atoms with E-state index in [0.717, 1.165) is 56.3 Å². The predicted octanol–water partition coefficient (Wildman–Crippen LogP) is 19.3. The molecule has 0 aliphatic heterocycles. The van der Waals surface area contributed by atoms with Crippen LogP contribution in [0.1, 0.15) is 50.1 Å². The second kappa shape index (κ2) is 19.9. The van der Waals surface area contributed by atoms with Crippen molar-refractivity contribution in [3.63, 3.8) is 0 Å². The van der Waals surface area contributed by atoms with Crippen molar-refractivity contribution in [1.29, 1.82) is 5.26 Å². The number of nitriles is 1. The molecular formula is C74H60N4. The minimum Gasteiger partial charge on any atom is -0.329 e. The largest absolute Gasteiger partial charge is 0.329 e. The van der Waals surface area contributed by atoms with Crippen LogP contribution in [0.25, 0.3) is 49.4 Å². The summed E-state index contributed by atoms with van der Waals surface area (Å²) in [6.07, 6.45) is 18.4. The van der Waals surface area contributed by atoms with Gasteiger partial charge in [0.1, 0.15) is 6.07 Å². The quantitative estimate of drug-likeness (QED) is 0.128. The standard InChI is InChI=1S/C74H60N4/c1-45-18-14-19-46(2)69(45)55-34-40-66(60(42-55)71-49(5)22-16-23-50(71)6)77(63-28-12-10-26-57(63)44-75)64-38-32-53-31-37-59-65(39-33-54-30-36-58(64)73(53)74(54)59)78(68-29-13-11-27-62(68)76-9)67-41-35-56(70-47(3)20-15-21-48(70)4)43-61(67)72-51(7)24-17-25-52(72)8/h10-43,64,74H,1-8H3. The fraction of sp³-hybridized carbons (Fsp3) is 0.135. The molecule has 12 rings (SSSR count). The summed E-state index contributed by atoms with van der Waals surface area (Å²) in [5.41, 5.74) is 30.9. The van der Waals surface area contributed by atoms with Crippen molar-refractivity contribution in [2.45, 2.75) is 61.4 Å². The highest BCUT2D eigenvalue weighted by Crippen LogP contribution is 2.55. The Morgan fingerprint density at radius 3 is 1.55 bits per heavy atom. The van der Waals surface area contributed by atoms with Gasteiger partial charge in [-0.05, 0) is 210 Å². The number of rotatable bonds is 10. The molecule has 0 heterocycles. The normalized spacial score (nSPS) is 15.8. The van der Waals surface area contributed by atoms with Crippen molar-refractivity contribution >= 4 is 28.4 Å². The van der Waals surface area contributed by atoms with Crippen LogP contribution < -0.4 is 9.80 Å². The van der Waals surface area contributed by atoms with Crippen molar-refractivity contribution in [3.05, 3.63) is 301 Å². The molecule has 0 fully saturated rings. The van der Waals surface area contributed by atoms with Gasteiger partial charge in [0.25, 0.3) is 0 Å². The molecule has 4 heteroatoms. The number of aryl methyl sites for hydroxylation is 8. The summed E-state index contributed by atoms with van der Waals surface area (Å²) in [5.74, 6) is -0.116. The fourth-order valence-electron chi connectivity index (χ4n) is 13.1. The zero-order valence-electron chi connectivity index (χ0n) is 45.6. The number of hydrogen-bond acceptors (Lipinski definition) is 3. The zero-order chi connectivity index (χ0) is 53.9. The van der Waals surface area contributed by atoms with Crippen molar-refractivity contribution in [2.24, 2.45) is 5.92 Å². The first-order valence-electron chi connectivity index (χ1n) is 27.0. The van der Waals surface area contributed by atoms with E-state index in [1.165, 1.54) is 89.1 Å². The molecule has 0 N–H and O–H groups in total. The smallest absolute Gasteiger partial charge is 0.210 e. The van der Waals surface area contributed by atoms with Crippen LogP contribution in [-0.4, -0.2) is 6.04 Å². The second-order valence-corrected chi connectivity index (χ2v) is 21.4. The Balaban J connectivity index is 1.07. The van der Waals surface area contributed by atoms with E-state index >= 15 is 0 Å². The van der Waals surface area contributed by atoms with Gasteiger partial charge in [0.2, 0.25) is 5.69 Å². The summed E-state index contributed by atoms with van der Waals surface area (Å²) in [4.78, 5) is 8.98. The topological polar surface area (TPSA) is 34.6 Å². The summed E-state index contributed by atoms with van der Waals surface area (Å²) in [6, 6.07) is 58.5. The lowest BCUT2D eigenvalue weighted by atomic mass is 9.67. The van der Waals surface area contributed by atoms with E-state index in [1.54, 1.807) is 0 Å². The van der Waals surface area contributed by atoms with Crippen LogP contribution in [0.15, 0.2) is 240 Å². The molecule has 78 heavy (non-hydrogen) atoms. The van der Waals surface area contributed by atoms with Crippen LogP contribution in [0.3, 0.4) is 0 Å². The van der Waals surface area contributed by atoms with E-state index in [4.69, 9.17) is 6.57 Å². The highest BCUT2D eigenvalue weighted by Gasteiger charge is 2.41. The maximum Gasteiger partial charge on any atom is 0.210 e. The Kier molecular flexibility index (Phi) is 12.6. The average Bonchev–Trinajstić information content (AvgIpc) is 3.60. The number of allylic oxidation sites excluding steroid dienone is 10. The summed E-state index contributed by atoms with van der Waals surface area (Å²) in [5, 5.41) is 11.0. The van der Waals surface area contributed by atoms with Gasteiger partial charge < -0.3 is 9.80 Å². The second-order valence-electron chi connectivity index (χ2n) is 21.4. The van der Waals surface area contributed by atoms with E-state index in [0.29, 0.717) is 11.3 Å². The molecule has 376 valence electrons. The molecule has 4 nitrogen and oxygen atoms in total. The van der Waals surface area contributed by atoms with Gasteiger partial charge in [-0.1, -0.05) is 158 Å². The maximum absolute atomic E-state index is 11.0. The van der Waals surface area contributed by atoms with Crippen molar-refractivity contribution in [1.82, 2.24) is 0 Å². The number of benzene rings is 8. The summed E-state index contributed by atoms with van der Waals surface area (Å²) < 4.78 is 0. The first-order chi connectivity index (χ1) is 37.9. The van der Waals surface area contributed by atoms with Gasteiger partial charge in [-0.2, -0.15) is 5.26 Å². The molecular weight excluding hydrogens is 945 g/mol. The minimum atomic E-state index is -0.292. The van der Waals surface area contributed by atoms with Crippen LogP contribution in [-0.2, 0) is 0 Å². The van der Waals surface area contributed by atoms with E-state index in [9.17, 15) is 5.26 Å². The lowest BCUT2D eigenvalue weighted by molar-refractivity contribution is 0.773. The van der Waals surface area contributed by atoms with Gasteiger partial charge in [-0.25, -0.2) is 4.85 Å². The molecule has 0 aromatic heterocycles. The van der Waals surface area contributed by atoms with Gasteiger partial charge in [0.15, 0.2) is 0 Å². The van der Waals surface area contributed by atoms with Crippen LogP contribution in [0.2, 0.25) is 0 Å². The Morgan fingerprint density at radius 2 is 0.987 bits per heavy atom. The van der Waals surface area contributed by atoms with E-state index in [1.807, 2.05) is 30.3 Å². The van der Waals surface area contributed by atoms with Crippen LogP contribution in [0.5, 0.6) is 0 Å². The third-order valence-electron chi connectivity index (χ3n) is 16.5. The van der Waals surface area contributed by atoms with Gasteiger partial charge in [-0.15, -0.1) is 0 Å². The average molecular weight is 1010 g/mol. The van der Waals surface area contributed by atoms with Gasteiger partial charge in [0.05, 0.1) is 35.2 Å². The molecule has 0 radical (unpaired) electrons. The van der Waals surface area contributed by atoms with Crippen LogP contribution in [0.4, 0.5) is 28.4 Å². The Hall–Kier alpha value is -9.48. The van der Waals surface area contributed by atoms with Gasteiger partial charge >= 0.3 is 0 Å². The molecule has 2 unspecified atom stereocenters. The third kappa shape index (κ3) is 8.21. The third-order valence-corrected chi connectivity index (χ3v) is 16.5. The molecule has 0 saturated carbocycles. The molecule has 8 aromatic carbocycles. The fourth-order valence-corrected chi connectivity index (χ4v) is 13.1. The lowest BCUT2D eigenvalue weighted by Crippen LogP contribution is -2.38. The van der Waals surface area contributed by atoms with Crippen LogP contribution in [0, 0.1) is 79.2 Å². The van der Waals surface area contributed by atoms with Gasteiger partial charge in [-0.3, -0.25) is 0 Å². The van der Waals surface area contributed by atoms with Crippen molar-refractivity contribution in [3.8, 4) is 50.6 Å². The number of nitrogens with zero attached hydrogens (tertiary/aromatic N) is 4. The van der Waals surface area contributed by atoms with Crippen LogP contribution >= 0.6 is 0 Å². The highest BCUT2D eigenvalue weighted by molar-refractivity contribution is 5.95. The first kappa shape index (κ1) is 49.4. The molecule has 4 aliphatic carbocycles. The van der Waals surface area contributed by atoms with E-state index < -0.39 is 0 Å². The van der Waals surface area contributed by atoms with E-state index in [-0.39, 0.29) is 12.0 Å². The summed E-state index contributed by atoms with van der Waals surface area (Å²) >= 11 is 0. The van der Waals surface area contributed by atoms with Gasteiger partial charge in [0, 0.05) is 28.4 Å². The molecule has 0 amide bonds. The summed E-state index contributed by atoms with van der Waals surface area (Å²) in [6.45, 7) is 26.2. The predicted molar refractivity (Wildman–Crippen MR) is 326 cm³/mol. The summed E-state index contributed by atoms with van der Waals surface area (Å²) in [7, 11) is 0. The highest BCUT2D eigenvalue weighted by atomic mass is 15.2. The van der Waals surface area contributed by atoms with Crippen molar-refractivity contribution < 1.29 is 0 Å².